The Bertz CT molecular complexity index is 330. The second-order valence-corrected chi connectivity index (χ2v) is 4.23. The first-order valence-electron chi connectivity index (χ1n) is 5.60. The van der Waals surface area contributed by atoms with Gasteiger partial charge in [-0.05, 0) is 13.8 Å². The third kappa shape index (κ3) is 2.48. The molecule has 0 bridgehead atoms. The van der Waals surface area contributed by atoms with E-state index in [1.54, 1.807) is 12.4 Å². The number of rotatable bonds is 2. The number of nitrogens with zero attached hydrogens (tertiary/aromatic N) is 3. The van der Waals surface area contributed by atoms with Gasteiger partial charge in [-0.2, -0.15) is 0 Å². The van der Waals surface area contributed by atoms with E-state index in [2.05, 4.69) is 28.7 Å². The average Bonchev–Trinajstić information content (AvgIpc) is 2.28. The lowest BCUT2D eigenvalue weighted by molar-refractivity contribution is -0.00547. The number of anilines is 1. The van der Waals surface area contributed by atoms with Crippen LogP contribution in [0.1, 0.15) is 19.5 Å². The Morgan fingerprint density at radius 1 is 1.31 bits per heavy atom. The second-order valence-electron chi connectivity index (χ2n) is 4.23. The minimum Gasteiger partial charge on any atom is -0.372 e. The summed E-state index contributed by atoms with van der Waals surface area (Å²) in [5, 5.41) is 0. The Morgan fingerprint density at radius 2 is 2.00 bits per heavy atom. The monoisotopic (exact) mass is 222 g/mol. The van der Waals surface area contributed by atoms with Crippen LogP contribution in [0.5, 0.6) is 0 Å². The number of hydrogen-bond acceptors (Lipinski definition) is 5. The van der Waals surface area contributed by atoms with Crippen LogP contribution in [0, 0.1) is 0 Å². The molecule has 0 spiro atoms. The van der Waals surface area contributed by atoms with E-state index in [-0.39, 0.29) is 12.2 Å². The summed E-state index contributed by atoms with van der Waals surface area (Å²) >= 11 is 0. The normalized spacial score (nSPS) is 25.8. The molecule has 0 radical (unpaired) electrons. The summed E-state index contributed by atoms with van der Waals surface area (Å²) in [6, 6.07) is 0. The topological polar surface area (TPSA) is 64.3 Å². The van der Waals surface area contributed by atoms with Crippen molar-refractivity contribution in [3.05, 3.63) is 18.1 Å². The van der Waals surface area contributed by atoms with Gasteiger partial charge < -0.3 is 15.4 Å². The van der Waals surface area contributed by atoms with Crippen molar-refractivity contribution in [1.29, 1.82) is 0 Å². The molecular weight excluding hydrogens is 204 g/mol. The van der Waals surface area contributed by atoms with E-state index in [0.717, 1.165) is 24.6 Å². The standard InChI is InChI=1S/C11H18N4O/c1-8-6-15(7-9(2)16-8)11-5-13-10(3-12)4-14-11/h4-5,8-9H,3,6-7,12H2,1-2H3/t8-,9+. The van der Waals surface area contributed by atoms with Crippen LogP contribution in [0.25, 0.3) is 0 Å². The summed E-state index contributed by atoms with van der Waals surface area (Å²) in [5.41, 5.74) is 6.30. The Labute approximate surface area is 95.6 Å². The zero-order valence-corrected chi connectivity index (χ0v) is 9.76. The fourth-order valence-corrected chi connectivity index (χ4v) is 1.98. The Morgan fingerprint density at radius 3 is 2.50 bits per heavy atom. The van der Waals surface area contributed by atoms with Crippen molar-refractivity contribution in [2.24, 2.45) is 5.73 Å². The largest absolute Gasteiger partial charge is 0.372 e. The number of nitrogens with two attached hydrogens (primary N) is 1. The molecule has 0 amide bonds. The molecule has 2 atom stereocenters. The van der Waals surface area contributed by atoms with Crippen molar-refractivity contribution < 1.29 is 4.74 Å². The Kier molecular flexibility index (Phi) is 3.36. The van der Waals surface area contributed by atoms with E-state index in [1.807, 2.05) is 0 Å². The SMILES string of the molecule is C[C@@H]1CN(c2cnc(CN)cn2)C[C@H](C)O1. The van der Waals surface area contributed by atoms with Crippen LogP contribution in [0.15, 0.2) is 12.4 Å². The van der Waals surface area contributed by atoms with Crippen molar-refractivity contribution in [2.45, 2.75) is 32.6 Å². The maximum Gasteiger partial charge on any atom is 0.147 e. The van der Waals surface area contributed by atoms with Gasteiger partial charge in [0.25, 0.3) is 0 Å². The van der Waals surface area contributed by atoms with Crippen LogP contribution >= 0.6 is 0 Å². The summed E-state index contributed by atoms with van der Waals surface area (Å²) in [4.78, 5) is 10.8. The lowest BCUT2D eigenvalue weighted by Gasteiger charge is -2.35. The lowest BCUT2D eigenvalue weighted by atomic mass is 10.2. The summed E-state index contributed by atoms with van der Waals surface area (Å²) < 4.78 is 5.67. The van der Waals surface area contributed by atoms with Crippen LogP contribution in [0.2, 0.25) is 0 Å². The fourth-order valence-electron chi connectivity index (χ4n) is 1.98. The van der Waals surface area contributed by atoms with Crippen molar-refractivity contribution in [3.8, 4) is 0 Å². The molecular formula is C11H18N4O. The highest BCUT2D eigenvalue weighted by Crippen LogP contribution is 2.17. The Hall–Kier alpha value is -1.20. The van der Waals surface area contributed by atoms with Crippen molar-refractivity contribution in [1.82, 2.24) is 9.97 Å². The van der Waals surface area contributed by atoms with E-state index < -0.39 is 0 Å². The summed E-state index contributed by atoms with van der Waals surface area (Å²) in [6.45, 7) is 6.31. The molecule has 0 saturated carbocycles. The number of aromatic nitrogens is 2. The smallest absolute Gasteiger partial charge is 0.147 e. The number of hydrogen-bond donors (Lipinski definition) is 1. The van der Waals surface area contributed by atoms with E-state index in [1.165, 1.54) is 0 Å². The fraction of sp³-hybridized carbons (Fsp3) is 0.636. The zero-order chi connectivity index (χ0) is 11.5. The highest BCUT2D eigenvalue weighted by Gasteiger charge is 2.23. The zero-order valence-electron chi connectivity index (χ0n) is 9.76. The van der Waals surface area contributed by atoms with Gasteiger partial charge in [-0.25, -0.2) is 4.98 Å². The molecule has 2 heterocycles. The molecule has 5 nitrogen and oxygen atoms in total. The van der Waals surface area contributed by atoms with E-state index in [0.29, 0.717) is 6.54 Å². The minimum absolute atomic E-state index is 0.236. The summed E-state index contributed by atoms with van der Waals surface area (Å²) in [7, 11) is 0. The Balaban J connectivity index is 2.10. The van der Waals surface area contributed by atoms with E-state index in [4.69, 9.17) is 10.5 Å². The number of morpholine rings is 1. The van der Waals surface area contributed by atoms with Crippen LogP contribution in [0.4, 0.5) is 5.82 Å². The third-order valence-corrected chi connectivity index (χ3v) is 2.64. The highest BCUT2D eigenvalue weighted by atomic mass is 16.5. The van der Waals surface area contributed by atoms with E-state index >= 15 is 0 Å². The molecule has 2 rings (SSSR count). The van der Waals surface area contributed by atoms with Crippen molar-refractivity contribution in [2.75, 3.05) is 18.0 Å². The predicted molar refractivity (Wildman–Crippen MR) is 62.1 cm³/mol. The first kappa shape index (κ1) is 11.3. The molecule has 2 N–H and O–H groups in total. The first-order valence-corrected chi connectivity index (χ1v) is 5.60. The molecule has 0 unspecified atom stereocenters. The molecule has 1 aromatic rings. The number of ether oxygens (including phenoxy) is 1. The van der Waals surface area contributed by atoms with Gasteiger partial charge in [0.05, 0.1) is 30.3 Å². The molecule has 1 fully saturated rings. The molecule has 0 aromatic carbocycles. The van der Waals surface area contributed by atoms with Gasteiger partial charge in [0, 0.05) is 19.6 Å². The van der Waals surface area contributed by atoms with Crippen molar-refractivity contribution in [3.63, 3.8) is 0 Å². The van der Waals surface area contributed by atoms with Gasteiger partial charge in [-0.3, -0.25) is 4.98 Å². The van der Waals surface area contributed by atoms with Crippen LogP contribution in [0.3, 0.4) is 0 Å². The molecule has 0 aliphatic carbocycles. The predicted octanol–water partition coefficient (Wildman–Crippen LogP) is 0.549. The second kappa shape index (κ2) is 4.76. The first-order chi connectivity index (χ1) is 7.69. The highest BCUT2D eigenvalue weighted by molar-refractivity contribution is 5.36. The van der Waals surface area contributed by atoms with Crippen LogP contribution in [-0.2, 0) is 11.3 Å². The van der Waals surface area contributed by atoms with Gasteiger partial charge in [-0.15, -0.1) is 0 Å². The van der Waals surface area contributed by atoms with E-state index in [9.17, 15) is 0 Å². The lowest BCUT2D eigenvalue weighted by Crippen LogP contribution is -2.45. The molecule has 1 aliphatic heterocycles. The summed E-state index contributed by atoms with van der Waals surface area (Å²) in [5.74, 6) is 0.902. The molecule has 1 aliphatic rings. The quantitative estimate of drug-likeness (QED) is 0.791. The van der Waals surface area contributed by atoms with Gasteiger partial charge in [0.2, 0.25) is 0 Å². The summed E-state index contributed by atoms with van der Waals surface area (Å²) in [6.07, 6.45) is 3.99. The minimum atomic E-state index is 0.236. The molecule has 1 aromatic heterocycles. The van der Waals surface area contributed by atoms with Crippen LogP contribution in [-0.4, -0.2) is 35.3 Å². The average molecular weight is 222 g/mol. The molecule has 88 valence electrons. The van der Waals surface area contributed by atoms with Gasteiger partial charge in [0.1, 0.15) is 5.82 Å². The van der Waals surface area contributed by atoms with Gasteiger partial charge in [-0.1, -0.05) is 0 Å². The van der Waals surface area contributed by atoms with Crippen molar-refractivity contribution >= 4 is 5.82 Å². The molecule has 1 saturated heterocycles. The van der Waals surface area contributed by atoms with Gasteiger partial charge >= 0.3 is 0 Å². The maximum absolute atomic E-state index is 5.67. The maximum atomic E-state index is 5.67. The van der Waals surface area contributed by atoms with Crippen LogP contribution < -0.4 is 10.6 Å². The van der Waals surface area contributed by atoms with Gasteiger partial charge in [0.15, 0.2) is 0 Å². The molecule has 5 heteroatoms. The third-order valence-electron chi connectivity index (χ3n) is 2.64. The molecule has 16 heavy (non-hydrogen) atoms.